The van der Waals surface area contributed by atoms with Crippen molar-refractivity contribution in [3.63, 3.8) is 0 Å². The minimum absolute atomic E-state index is 0.00428. The number of carboxylic acids is 1. The Balaban J connectivity index is 1.35. The first-order valence-corrected chi connectivity index (χ1v) is 16.8. The van der Waals surface area contributed by atoms with E-state index >= 15 is 0 Å². The summed E-state index contributed by atoms with van der Waals surface area (Å²) in [5.41, 5.74) is 4.04. The lowest BCUT2D eigenvalue weighted by Crippen LogP contribution is -2.65. The summed E-state index contributed by atoms with van der Waals surface area (Å²) in [6.07, 6.45) is 15.3. The number of carboxylic acid groups (broad SMARTS) is 1. The zero-order chi connectivity index (χ0) is 29.2. The van der Waals surface area contributed by atoms with E-state index in [-0.39, 0.29) is 27.6 Å². The van der Waals surface area contributed by atoms with Gasteiger partial charge in [-0.25, -0.2) is 9.97 Å². The fourth-order valence-corrected chi connectivity index (χ4v) is 12.5. The Kier molecular flexibility index (Phi) is 6.00. The Hall–Kier alpha value is -1.91. The summed E-state index contributed by atoms with van der Waals surface area (Å²) >= 11 is 0. The minimum Gasteiger partial charge on any atom is -0.481 e. The molecule has 1 aliphatic heterocycles. The monoisotopic (exact) mass is 559 g/mol. The average molecular weight is 560 g/mol. The smallest absolute Gasteiger partial charge is 0.310 e. The summed E-state index contributed by atoms with van der Waals surface area (Å²) < 4.78 is 0. The number of fused-ring (bicyclic) bond motifs is 8. The second kappa shape index (κ2) is 8.82. The van der Waals surface area contributed by atoms with Gasteiger partial charge in [-0.1, -0.05) is 60.1 Å². The lowest BCUT2D eigenvalue weighted by molar-refractivity contribution is -0.179. The van der Waals surface area contributed by atoms with Gasteiger partial charge in [-0.15, -0.1) is 0 Å². The van der Waals surface area contributed by atoms with Crippen LogP contribution in [0.4, 0.5) is 5.82 Å². The molecule has 1 aromatic rings. The van der Waals surface area contributed by atoms with Crippen LogP contribution in [0.3, 0.4) is 0 Å². The number of allylic oxidation sites excluding steroid dienone is 2. The molecule has 41 heavy (non-hydrogen) atoms. The number of carbonyl (C=O) groups is 1. The Morgan fingerprint density at radius 1 is 0.951 bits per heavy atom. The largest absolute Gasteiger partial charge is 0.481 e. The van der Waals surface area contributed by atoms with Crippen molar-refractivity contribution in [1.29, 1.82) is 0 Å². The first-order valence-electron chi connectivity index (χ1n) is 16.8. The molecule has 0 radical (unpaired) electrons. The van der Waals surface area contributed by atoms with Crippen LogP contribution in [0.25, 0.3) is 0 Å². The first kappa shape index (κ1) is 27.9. The van der Waals surface area contributed by atoms with Gasteiger partial charge in [0.2, 0.25) is 0 Å². The first-order chi connectivity index (χ1) is 19.3. The number of hydrogen-bond donors (Lipinski definition) is 1. The molecule has 5 nitrogen and oxygen atoms in total. The summed E-state index contributed by atoms with van der Waals surface area (Å²) in [5.74, 6) is 2.98. The van der Waals surface area contributed by atoms with Crippen LogP contribution < -0.4 is 4.90 Å². The zero-order valence-corrected chi connectivity index (χ0v) is 26.7. The average Bonchev–Trinajstić information content (AvgIpc) is 3.45. The van der Waals surface area contributed by atoms with Crippen molar-refractivity contribution in [3.05, 3.63) is 29.2 Å². The lowest BCUT2D eigenvalue weighted by Gasteiger charge is -2.70. The van der Waals surface area contributed by atoms with Crippen molar-refractivity contribution >= 4 is 11.8 Å². The molecule has 0 amide bonds. The molecule has 0 unspecified atom stereocenters. The Bertz CT molecular complexity index is 1300. The lowest BCUT2D eigenvalue weighted by atomic mass is 9.33. The van der Waals surface area contributed by atoms with Crippen LogP contribution in [-0.2, 0) is 16.6 Å². The standard InChI is InChI=1S/C36H53N3O2/c1-22-12-15-36(31(40)41)17-16-34(6)25(28(36)23(22)2)10-11-27-33(5)20-24-29(32(3,4)26(33)13-14-35(27,34)7)37-21-38-30(24)39-18-8-9-19-39/h10,21-23,26-28H,8-9,11-20H2,1-7H3,(H,40,41)/t22-,23+,26+,27-,28+,33+,34-,35-,36+/m1/s1. The fourth-order valence-electron chi connectivity index (χ4n) is 12.5. The molecule has 1 N–H and O–H groups in total. The van der Waals surface area contributed by atoms with Crippen molar-refractivity contribution in [3.8, 4) is 0 Å². The van der Waals surface area contributed by atoms with Crippen molar-refractivity contribution in [2.75, 3.05) is 18.0 Å². The van der Waals surface area contributed by atoms with E-state index in [9.17, 15) is 9.90 Å². The number of nitrogens with zero attached hydrogens (tertiary/aromatic N) is 3. The van der Waals surface area contributed by atoms with E-state index in [1.54, 1.807) is 0 Å². The van der Waals surface area contributed by atoms with Crippen LogP contribution in [0.2, 0.25) is 0 Å². The van der Waals surface area contributed by atoms with Crippen LogP contribution in [0.1, 0.15) is 118 Å². The van der Waals surface area contributed by atoms with Crippen molar-refractivity contribution in [2.24, 2.45) is 51.2 Å². The van der Waals surface area contributed by atoms with Crippen molar-refractivity contribution < 1.29 is 9.90 Å². The van der Waals surface area contributed by atoms with Gasteiger partial charge < -0.3 is 10.0 Å². The van der Waals surface area contributed by atoms with Crippen molar-refractivity contribution in [2.45, 2.75) is 118 Å². The van der Waals surface area contributed by atoms with Gasteiger partial charge in [0.1, 0.15) is 12.1 Å². The number of aromatic nitrogens is 2. The van der Waals surface area contributed by atoms with Crippen LogP contribution in [-0.4, -0.2) is 34.1 Å². The maximum absolute atomic E-state index is 13.0. The molecule has 0 bridgehead atoms. The second-order valence-electron chi connectivity index (χ2n) is 16.7. The molecule has 9 atom stereocenters. The van der Waals surface area contributed by atoms with E-state index in [0.29, 0.717) is 23.7 Å². The van der Waals surface area contributed by atoms with Gasteiger partial charge in [0.15, 0.2) is 0 Å². The molecule has 3 saturated carbocycles. The Morgan fingerprint density at radius 3 is 2.39 bits per heavy atom. The van der Waals surface area contributed by atoms with Gasteiger partial charge in [0, 0.05) is 24.1 Å². The SMILES string of the molecule is C[C@H]1[C@H](C)CC[C@]2(C(=O)O)CC[C@]3(C)C(=CC[C@@H]4[C@@]5(C)Cc6c(N7CCCC7)ncnc6C(C)(C)[C@@H]5CC[C@]43C)[C@H]12. The van der Waals surface area contributed by atoms with E-state index in [1.165, 1.54) is 48.3 Å². The van der Waals surface area contributed by atoms with E-state index in [1.807, 2.05) is 6.33 Å². The molecule has 0 spiro atoms. The normalized spacial score (nSPS) is 46.4. The van der Waals surface area contributed by atoms with E-state index in [0.717, 1.165) is 51.6 Å². The van der Waals surface area contributed by atoms with Gasteiger partial charge in [0.05, 0.1) is 11.1 Å². The molecular weight excluding hydrogens is 506 g/mol. The van der Waals surface area contributed by atoms with Gasteiger partial charge in [-0.2, -0.15) is 0 Å². The highest BCUT2D eigenvalue weighted by atomic mass is 16.4. The molecule has 4 fully saturated rings. The molecule has 5 aliphatic carbocycles. The summed E-state index contributed by atoms with van der Waals surface area (Å²) in [6.45, 7) is 19.7. The van der Waals surface area contributed by atoms with Gasteiger partial charge in [-0.05, 0) is 110 Å². The third kappa shape index (κ3) is 3.38. The van der Waals surface area contributed by atoms with E-state index < -0.39 is 11.4 Å². The highest BCUT2D eigenvalue weighted by molar-refractivity contribution is 5.76. The highest BCUT2D eigenvalue weighted by Gasteiger charge is 2.69. The highest BCUT2D eigenvalue weighted by Crippen LogP contribution is 2.75. The Morgan fingerprint density at radius 2 is 1.68 bits per heavy atom. The zero-order valence-electron chi connectivity index (χ0n) is 26.7. The number of hydrogen-bond acceptors (Lipinski definition) is 4. The molecule has 1 saturated heterocycles. The van der Waals surface area contributed by atoms with Gasteiger partial charge in [-0.3, -0.25) is 4.79 Å². The number of anilines is 1. The molecule has 7 rings (SSSR count). The summed E-state index contributed by atoms with van der Waals surface area (Å²) in [5, 5.41) is 10.7. The molecule has 0 aromatic carbocycles. The van der Waals surface area contributed by atoms with Crippen molar-refractivity contribution in [1.82, 2.24) is 9.97 Å². The summed E-state index contributed by atoms with van der Waals surface area (Å²) in [7, 11) is 0. The van der Waals surface area contributed by atoms with Crippen LogP contribution in [0.15, 0.2) is 18.0 Å². The maximum atomic E-state index is 13.0. The van der Waals surface area contributed by atoms with Crippen LogP contribution in [0, 0.1) is 51.2 Å². The predicted molar refractivity (Wildman–Crippen MR) is 164 cm³/mol. The molecule has 224 valence electrons. The summed E-state index contributed by atoms with van der Waals surface area (Å²) in [4.78, 5) is 25.5. The van der Waals surface area contributed by atoms with Crippen LogP contribution >= 0.6 is 0 Å². The third-order valence-electron chi connectivity index (χ3n) is 15.0. The topological polar surface area (TPSA) is 66.3 Å². The van der Waals surface area contributed by atoms with E-state index in [4.69, 9.17) is 9.97 Å². The molecule has 1 aromatic heterocycles. The van der Waals surface area contributed by atoms with Gasteiger partial charge in [0.25, 0.3) is 0 Å². The van der Waals surface area contributed by atoms with Gasteiger partial charge >= 0.3 is 5.97 Å². The molecule has 6 aliphatic rings. The summed E-state index contributed by atoms with van der Waals surface area (Å²) in [6, 6.07) is 0. The molecule has 5 heteroatoms. The van der Waals surface area contributed by atoms with E-state index in [2.05, 4.69) is 59.4 Å². The predicted octanol–water partition coefficient (Wildman–Crippen LogP) is 7.83. The second-order valence-corrected chi connectivity index (χ2v) is 16.7. The van der Waals surface area contributed by atoms with Crippen LogP contribution in [0.5, 0.6) is 0 Å². The molecule has 2 heterocycles. The minimum atomic E-state index is -0.574. The Labute approximate surface area is 248 Å². The number of rotatable bonds is 2. The maximum Gasteiger partial charge on any atom is 0.310 e. The fraction of sp³-hybridized carbons (Fsp3) is 0.806. The third-order valence-corrected chi connectivity index (χ3v) is 15.0. The molecular formula is C36H53N3O2. The number of aliphatic carboxylic acids is 1. The quantitative estimate of drug-likeness (QED) is 0.374.